The maximum Gasteiger partial charge on any atom is 0.191 e. The van der Waals surface area contributed by atoms with E-state index in [1.54, 1.807) is 7.11 Å². The molecule has 0 aromatic heterocycles. The SMILES string of the molecule is CCNC(=NCCCN(C)CCOC)NCCc1ccc(OCC)c(OCC)c1.I. The third-order valence-corrected chi connectivity index (χ3v) is 4.30. The van der Waals surface area contributed by atoms with Crippen LogP contribution in [-0.2, 0) is 11.2 Å². The molecule has 1 aromatic carbocycles. The first-order valence-corrected chi connectivity index (χ1v) is 10.7. The van der Waals surface area contributed by atoms with Gasteiger partial charge < -0.3 is 29.7 Å². The van der Waals surface area contributed by atoms with Crippen molar-refractivity contribution in [2.45, 2.75) is 33.6 Å². The highest BCUT2D eigenvalue weighted by Crippen LogP contribution is 2.28. The molecule has 0 saturated carbocycles. The molecule has 0 bridgehead atoms. The van der Waals surface area contributed by atoms with E-state index in [0.29, 0.717) is 13.2 Å². The van der Waals surface area contributed by atoms with E-state index in [4.69, 9.17) is 14.2 Å². The zero-order valence-corrected chi connectivity index (χ0v) is 21.7. The Hall–Kier alpha value is -1.26. The number of nitrogens with zero attached hydrogens (tertiary/aromatic N) is 2. The normalized spacial score (nSPS) is 11.2. The van der Waals surface area contributed by atoms with Gasteiger partial charge in [0.2, 0.25) is 0 Å². The van der Waals surface area contributed by atoms with Gasteiger partial charge in [-0.2, -0.15) is 0 Å². The fraction of sp³-hybridized carbons (Fsp3) is 0.682. The Morgan fingerprint density at radius 1 is 1.03 bits per heavy atom. The number of halogens is 1. The van der Waals surface area contributed by atoms with Crippen molar-refractivity contribution < 1.29 is 14.2 Å². The first-order chi connectivity index (χ1) is 14.1. The Morgan fingerprint density at radius 2 is 1.77 bits per heavy atom. The predicted octanol–water partition coefficient (Wildman–Crippen LogP) is 3.17. The first kappa shape index (κ1) is 28.7. The third-order valence-electron chi connectivity index (χ3n) is 4.30. The average molecular weight is 536 g/mol. The highest BCUT2D eigenvalue weighted by atomic mass is 127. The van der Waals surface area contributed by atoms with E-state index in [1.165, 1.54) is 5.56 Å². The highest BCUT2D eigenvalue weighted by molar-refractivity contribution is 14.0. The number of rotatable bonds is 15. The van der Waals surface area contributed by atoms with Gasteiger partial charge in [-0.15, -0.1) is 24.0 Å². The largest absolute Gasteiger partial charge is 0.490 e. The molecule has 0 aliphatic carbocycles. The molecule has 0 aliphatic heterocycles. The number of hydrogen-bond acceptors (Lipinski definition) is 5. The van der Waals surface area contributed by atoms with Crippen LogP contribution in [0.2, 0.25) is 0 Å². The van der Waals surface area contributed by atoms with Crippen molar-refractivity contribution in [3.63, 3.8) is 0 Å². The summed E-state index contributed by atoms with van der Waals surface area (Å²) < 4.78 is 16.4. The van der Waals surface area contributed by atoms with Gasteiger partial charge in [-0.25, -0.2) is 0 Å². The minimum atomic E-state index is 0. The van der Waals surface area contributed by atoms with Gasteiger partial charge in [0.15, 0.2) is 17.5 Å². The van der Waals surface area contributed by atoms with Gasteiger partial charge in [0.05, 0.1) is 19.8 Å². The van der Waals surface area contributed by atoms with Crippen LogP contribution in [0.5, 0.6) is 11.5 Å². The molecular weight excluding hydrogens is 495 g/mol. The molecule has 8 heteroatoms. The first-order valence-electron chi connectivity index (χ1n) is 10.7. The number of hydrogen-bond donors (Lipinski definition) is 2. The molecule has 0 saturated heterocycles. The van der Waals surface area contributed by atoms with Crippen LogP contribution in [0.3, 0.4) is 0 Å². The highest BCUT2D eigenvalue weighted by Gasteiger charge is 2.06. The van der Waals surface area contributed by atoms with Gasteiger partial charge in [0, 0.05) is 33.3 Å². The molecule has 0 aliphatic rings. The third kappa shape index (κ3) is 12.4. The van der Waals surface area contributed by atoms with Crippen molar-refractivity contribution >= 4 is 29.9 Å². The number of aliphatic imine (C=N–C) groups is 1. The molecule has 7 nitrogen and oxygen atoms in total. The standard InChI is InChI=1S/C22H40N4O3.HI/c1-6-23-22(24-13-9-15-26(4)16-17-27-5)25-14-12-19-10-11-20(28-7-2)21(18-19)29-8-3;/h10-11,18H,6-9,12-17H2,1-5H3,(H2,23,24,25);1H. The minimum Gasteiger partial charge on any atom is -0.490 e. The van der Waals surface area contributed by atoms with Crippen LogP contribution in [-0.4, -0.2) is 77.6 Å². The number of benzene rings is 1. The lowest BCUT2D eigenvalue weighted by atomic mass is 10.1. The molecule has 0 unspecified atom stereocenters. The second-order valence-electron chi connectivity index (χ2n) is 6.73. The van der Waals surface area contributed by atoms with E-state index in [0.717, 1.165) is 69.6 Å². The monoisotopic (exact) mass is 536 g/mol. The second-order valence-corrected chi connectivity index (χ2v) is 6.73. The summed E-state index contributed by atoms with van der Waals surface area (Å²) in [5.74, 6) is 2.48. The van der Waals surface area contributed by atoms with Gasteiger partial charge in [-0.3, -0.25) is 4.99 Å². The topological polar surface area (TPSA) is 67.4 Å². The number of ether oxygens (including phenoxy) is 3. The van der Waals surface area contributed by atoms with Crippen LogP contribution in [0.4, 0.5) is 0 Å². The summed E-state index contributed by atoms with van der Waals surface area (Å²) in [5, 5.41) is 6.73. The molecule has 0 amide bonds. The van der Waals surface area contributed by atoms with Crippen LogP contribution in [0.1, 0.15) is 32.8 Å². The Balaban J connectivity index is 0.00000841. The Kier molecular flexibility index (Phi) is 17.7. The molecule has 0 radical (unpaired) electrons. The summed E-state index contributed by atoms with van der Waals surface area (Å²) >= 11 is 0. The summed E-state index contributed by atoms with van der Waals surface area (Å²) in [5.41, 5.74) is 1.21. The molecule has 2 N–H and O–H groups in total. The summed E-state index contributed by atoms with van der Waals surface area (Å²) in [6.07, 6.45) is 1.91. The number of nitrogens with one attached hydrogen (secondary N) is 2. The summed E-state index contributed by atoms with van der Waals surface area (Å²) in [6, 6.07) is 6.15. The van der Waals surface area contributed by atoms with Crippen molar-refractivity contribution in [1.29, 1.82) is 0 Å². The number of methoxy groups -OCH3 is 1. The van der Waals surface area contributed by atoms with E-state index >= 15 is 0 Å². The summed E-state index contributed by atoms with van der Waals surface area (Å²) in [6.45, 7) is 12.5. The fourth-order valence-electron chi connectivity index (χ4n) is 2.81. The van der Waals surface area contributed by atoms with Gasteiger partial charge in [0.25, 0.3) is 0 Å². The van der Waals surface area contributed by atoms with Crippen molar-refractivity contribution in [1.82, 2.24) is 15.5 Å². The second kappa shape index (κ2) is 18.5. The molecule has 1 rings (SSSR count). The van der Waals surface area contributed by atoms with E-state index in [1.807, 2.05) is 19.9 Å². The van der Waals surface area contributed by atoms with Crippen molar-refractivity contribution in [2.75, 3.05) is 66.7 Å². The molecule has 0 fully saturated rings. The van der Waals surface area contributed by atoms with Crippen LogP contribution < -0.4 is 20.1 Å². The quantitative estimate of drug-likeness (QED) is 0.155. The molecule has 1 aromatic rings. The van der Waals surface area contributed by atoms with Gasteiger partial charge >= 0.3 is 0 Å². The smallest absolute Gasteiger partial charge is 0.191 e. The maximum absolute atomic E-state index is 5.71. The number of likely N-dealkylation sites (N-methyl/N-ethyl adjacent to an activating group) is 1. The van der Waals surface area contributed by atoms with Gasteiger partial charge in [-0.05, 0) is 64.9 Å². The van der Waals surface area contributed by atoms with Crippen molar-refractivity contribution in [3.8, 4) is 11.5 Å². The van der Waals surface area contributed by atoms with Crippen molar-refractivity contribution in [2.24, 2.45) is 4.99 Å². The zero-order valence-electron chi connectivity index (χ0n) is 19.3. The number of guanidine groups is 1. The lowest BCUT2D eigenvalue weighted by Crippen LogP contribution is -2.38. The Bertz CT molecular complexity index is 588. The van der Waals surface area contributed by atoms with E-state index in [-0.39, 0.29) is 24.0 Å². The molecule has 0 heterocycles. The molecule has 174 valence electrons. The zero-order chi connectivity index (χ0) is 21.3. The molecule has 30 heavy (non-hydrogen) atoms. The van der Waals surface area contributed by atoms with Crippen LogP contribution in [0, 0.1) is 0 Å². The Morgan fingerprint density at radius 3 is 2.43 bits per heavy atom. The molecule has 0 atom stereocenters. The minimum absolute atomic E-state index is 0. The lowest BCUT2D eigenvalue weighted by Gasteiger charge is -2.16. The maximum atomic E-state index is 5.71. The Labute approximate surface area is 200 Å². The van der Waals surface area contributed by atoms with E-state index in [2.05, 4.69) is 46.6 Å². The van der Waals surface area contributed by atoms with Crippen LogP contribution in [0.25, 0.3) is 0 Å². The van der Waals surface area contributed by atoms with Crippen molar-refractivity contribution in [3.05, 3.63) is 23.8 Å². The fourth-order valence-corrected chi connectivity index (χ4v) is 2.81. The van der Waals surface area contributed by atoms with E-state index in [9.17, 15) is 0 Å². The average Bonchev–Trinajstić information content (AvgIpc) is 2.71. The van der Waals surface area contributed by atoms with Gasteiger partial charge in [0.1, 0.15) is 0 Å². The molecular formula is C22H41IN4O3. The lowest BCUT2D eigenvalue weighted by molar-refractivity contribution is 0.161. The molecule has 0 spiro atoms. The summed E-state index contributed by atoms with van der Waals surface area (Å²) in [7, 11) is 3.84. The summed E-state index contributed by atoms with van der Waals surface area (Å²) in [4.78, 5) is 6.94. The van der Waals surface area contributed by atoms with Crippen LogP contribution >= 0.6 is 24.0 Å². The van der Waals surface area contributed by atoms with Gasteiger partial charge in [-0.1, -0.05) is 6.07 Å². The van der Waals surface area contributed by atoms with Crippen LogP contribution in [0.15, 0.2) is 23.2 Å². The predicted molar refractivity (Wildman–Crippen MR) is 136 cm³/mol. The van der Waals surface area contributed by atoms with E-state index < -0.39 is 0 Å².